The van der Waals surface area contributed by atoms with Crippen LogP contribution in [0.4, 0.5) is 5.69 Å². The van der Waals surface area contributed by atoms with E-state index in [9.17, 15) is 9.59 Å². The fourth-order valence-corrected chi connectivity index (χ4v) is 5.68. The van der Waals surface area contributed by atoms with E-state index in [2.05, 4.69) is 5.10 Å². The molecule has 1 unspecified atom stereocenters. The number of aromatic nitrogens is 4. The molecule has 3 aromatic carbocycles. The van der Waals surface area contributed by atoms with Gasteiger partial charge in [0.15, 0.2) is 10.8 Å². The average Bonchev–Trinajstić information content (AvgIpc) is 3.54. The third kappa shape index (κ3) is 4.09. The Balaban J connectivity index is 1.32. The zero-order chi connectivity index (χ0) is 24.5. The molecule has 2 aromatic heterocycles. The number of hydrogen-bond acceptors (Lipinski definition) is 5. The maximum absolute atomic E-state index is 13.6. The first kappa shape index (κ1) is 22.3. The number of amides is 1. The second kappa shape index (κ2) is 9.47. The predicted molar refractivity (Wildman–Crippen MR) is 142 cm³/mol. The molecule has 0 saturated heterocycles. The summed E-state index contributed by atoms with van der Waals surface area (Å²) in [7, 11) is 0. The van der Waals surface area contributed by atoms with E-state index in [1.165, 1.54) is 11.8 Å². The predicted octanol–water partition coefficient (Wildman–Crippen LogP) is 4.85. The van der Waals surface area contributed by atoms with Gasteiger partial charge in [-0.05, 0) is 29.8 Å². The van der Waals surface area contributed by atoms with Crippen molar-refractivity contribution in [2.24, 2.45) is 0 Å². The summed E-state index contributed by atoms with van der Waals surface area (Å²) >= 11 is 1.51. The molecule has 1 atom stereocenters. The SMILES string of the molecule is O=C(CC1CSc2nc3c(cnn3-c3ccccc3)c(=O)n21)N(Cc1ccccc1)c1ccccc1. The number of hydrogen-bond donors (Lipinski definition) is 0. The maximum Gasteiger partial charge on any atom is 0.265 e. The third-order valence-corrected chi connectivity index (χ3v) is 7.43. The summed E-state index contributed by atoms with van der Waals surface area (Å²) in [6.45, 7) is 0.465. The van der Waals surface area contributed by atoms with Gasteiger partial charge in [-0.1, -0.05) is 78.5 Å². The summed E-state index contributed by atoms with van der Waals surface area (Å²) in [5.41, 5.74) is 3.10. The lowest BCUT2D eigenvalue weighted by atomic mass is 10.1. The molecular formula is C28H23N5O2S. The van der Waals surface area contributed by atoms with E-state index in [4.69, 9.17) is 4.98 Å². The molecule has 3 heterocycles. The standard InChI is InChI=1S/C28H23N5O2S/c34-25(31(21-12-6-2-7-13-21)18-20-10-4-1-5-11-20)16-23-19-36-28-30-26-24(27(35)32(23)28)17-29-33(26)22-14-8-3-9-15-22/h1-15,17,23H,16,18-19H2. The minimum absolute atomic E-state index is 0.0320. The third-order valence-electron chi connectivity index (χ3n) is 6.33. The molecule has 5 aromatic rings. The summed E-state index contributed by atoms with van der Waals surface area (Å²) in [4.78, 5) is 33.7. The number of carbonyl (C=O) groups is 1. The number of fused-ring (bicyclic) bond motifs is 2. The quantitative estimate of drug-likeness (QED) is 0.316. The van der Waals surface area contributed by atoms with Gasteiger partial charge in [-0.15, -0.1) is 0 Å². The highest BCUT2D eigenvalue weighted by Gasteiger charge is 2.31. The molecule has 0 bridgehead atoms. The molecular weight excluding hydrogens is 470 g/mol. The topological polar surface area (TPSA) is 73.0 Å². The maximum atomic E-state index is 13.6. The van der Waals surface area contributed by atoms with Gasteiger partial charge in [0.25, 0.3) is 5.56 Å². The van der Waals surface area contributed by atoms with Crippen molar-refractivity contribution >= 4 is 34.4 Å². The van der Waals surface area contributed by atoms with Crippen LogP contribution in [0.2, 0.25) is 0 Å². The number of para-hydroxylation sites is 2. The van der Waals surface area contributed by atoms with Crippen molar-refractivity contribution in [3.63, 3.8) is 0 Å². The molecule has 0 fully saturated rings. The van der Waals surface area contributed by atoms with Crippen LogP contribution < -0.4 is 10.5 Å². The molecule has 7 nitrogen and oxygen atoms in total. The summed E-state index contributed by atoms with van der Waals surface area (Å²) < 4.78 is 3.36. The van der Waals surface area contributed by atoms with Crippen molar-refractivity contribution in [1.82, 2.24) is 19.3 Å². The zero-order valence-electron chi connectivity index (χ0n) is 19.4. The molecule has 0 spiro atoms. The lowest BCUT2D eigenvalue weighted by Gasteiger charge is -2.25. The fraction of sp³-hybridized carbons (Fsp3) is 0.143. The normalized spacial score (nSPS) is 14.6. The molecule has 36 heavy (non-hydrogen) atoms. The number of rotatable bonds is 6. The molecule has 6 rings (SSSR count). The van der Waals surface area contributed by atoms with Crippen molar-refractivity contribution in [3.8, 4) is 5.69 Å². The number of nitrogens with zero attached hydrogens (tertiary/aromatic N) is 5. The Labute approximate surface area is 212 Å². The highest BCUT2D eigenvalue weighted by Crippen LogP contribution is 2.34. The van der Waals surface area contributed by atoms with Crippen LogP contribution in [-0.2, 0) is 11.3 Å². The summed E-state index contributed by atoms with van der Waals surface area (Å²) in [6, 6.07) is 29.0. The van der Waals surface area contributed by atoms with E-state index in [0.29, 0.717) is 28.5 Å². The van der Waals surface area contributed by atoms with Gasteiger partial charge in [-0.2, -0.15) is 5.10 Å². The molecule has 1 amide bonds. The van der Waals surface area contributed by atoms with Crippen LogP contribution in [0.5, 0.6) is 0 Å². The number of benzene rings is 3. The first-order chi connectivity index (χ1) is 17.7. The first-order valence-electron chi connectivity index (χ1n) is 11.8. The van der Waals surface area contributed by atoms with E-state index in [1.54, 1.807) is 20.3 Å². The van der Waals surface area contributed by atoms with Gasteiger partial charge < -0.3 is 4.90 Å². The van der Waals surface area contributed by atoms with Crippen LogP contribution in [0.25, 0.3) is 16.7 Å². The molecule has 178 valence electrons. The van der Waals surface area contributed by atoms with Crippen molar-refractivity contribution < 1.29 is 4.79 Å². The highest BCUT2D eigenvalue weighted by molar-refractivity contribution is 7.99. The van der Waals surface area contributed by atoms with Crippen LogP contribution in [0, 0.1) is 0 Å². The first-order valence-corrected chi connectivity index (χ1v) is 12.8. The molecule has 0 N–H and O–H groups in total. The lowest BCUT2D eigenvalue weighted by Crippen LogP contribution is -2.34. The van der Waals surface area contributed by atoms with Crippen LogP contribution in [-0.4, -0.2) is 31.0 Å². The van der Waals surface area contributed by atoms with Crippen LogP contribution in [0.3, 0.4) is 0 Å². The minimum Gasteiger partial charge on any atom is -0.308 e. The highest BCUT2D eigenvalue weighted by atomic mass is 32.2. The molecule has 1 aliphatic rings. The lowest BCUT2D eigenvalue weighted by molar-refractivity contribution is -0.119. The Hall–Kier alpha value is -4.17. The van der Waals surface area contributed by atoms with Gasteiger partial charge in [0.1, 0.15) is 5.39 Å². The van der Waals surface area contributed by atoms with E-state index in [1.807, 2.05) is 91.0 Å². The van der Waals surface area contributed by atoms with Crippen LogP contribution >= 0.6 is 11.8 Å². The van der Waals surface area contributed by atoms with E-state index in [0.717, 1.165) is 16.9 Å². The van der Waals surface area contributed by atoms with Gasteiger partial charge in [0, 0.05) is 17.9 Å². The van der Waals surface area contributed by atoms with E-state index in [-0.39, 0.29) is 23.9 Å². The number of thioether (sulfide) groups is 1. The Bertz CT molecular complexity index is 1580. The summed E-state index contributed by atoms with van der Waals surface area (Å²) in [5.74, 6) is 0.586. The number of carbonyl (C=O) groups excluding carboxylic acids is 1. The zero-order valence-corrected chi connectivity index (χ0v) is 20.2. The van der Waals surface area contributed by atoms with Gasteiger partial charge in [0.2, 0.25) is 5.91 Å². The Morgan fingerprint density at radius 2 is 1.61 bits per heavy atom. The van der Waals surface area contributed by atoms with Crippen molar-refractivity contribution in [3.05, 3.63) is 113 Å². The minimum atomic E-state index is -0.274. The van der Waals surface area contributed by atoms with E-state index < -0.39 is 0 Å². The van der Waals surface area contributed by atoms with Gasteiger partial charge in [-0.25, -0.2) is 9.67 Å². The molecule has 0 saturated carbocycles. The smallest absolute Gasteiger partial charge is 0.265 e. The second-order valence-electron chi connectivity index (χ2n) is 8.67. The van der Waals surface area contributed by atoms with Crippen molar-refractivity contribution in [2.45, 2.75) is 24.2 Å². The Kier molecular flexibility index (Phi) is 5.87. The van der Waals surface area contributed by atoms with Crippen LogP contribution in [0.15, 0.2) is 107 Å². The molecule has 0 radical (unpaired) electrons. The fourth-order valence-electron chi connectivity index (χ4n) is 4.55. The van der Waals surface area contributed by atoms with Gasteiger partial charge in [0.05, 0.1) is 24.5 Å². The summed E-state index contributed by atoms with van der Waals surface area (Å²) in [6.07, 6.45) is 1.78. The largest absolute Gasteiger partial charge is 0.308 e. The average molecular weight is 494 g/mol. The van der Waals surface area contributed by atoms with E-state index >= 15 is 0 Å². The summed E-state index contributed by atoms with van der Waals surface area (Å²) in [5, 5.41) is 5.50. The number of anilines is 1. The Morgan fingerprint density at radius 3 is 2.33 bits per heavy atom. The van der Waals surface area contributed by atoms with Crippen molar-refractivity contribution in [1.29, 1.82) is 0 Å². The Morgan fingerprint density at radius 1 is 0.944 bits per heavy atom. The van der Waals surface area contributed by atoms with Crippen molar-refractivity contribution in [2.75, 3.05) is 10.7 Å². The molecule has 1 aliphatic heterocycles. The molecule has 8 heteroatoms. The van der Waals surface area contributed by atoms with Crippen LogP contribution in [0.1, 0.15) is 18.0 Å². The van der Waals surface area contributed by atoms with Gasteiger partial charge >= 0.3 is 0 Å². The monoisotopic (exact) mass is 493 g/mol. The van der Waals surface area contributed by atoms with Gasteiger partial charge in [-0.3, -0.25) is 14.2 Å². The second-order valence-corrected chi connectivity index (χ2v) is 9.66. The molecule has 0 aliphatic carbocycles.